The summed E-state index contributed by atoms with van der Waals surface area (Å²) < 4.78 is 5.12. The lowest BCUT2D eigenvalue weighted by molar-refractivity contribution is 0.107. The molecular weight excluding hydrogens is 188 g/mol. The quantitative estimate of drug-likeness (QED) is 0.673. The van der Waals surface area contributed by atoms with Gasteiger partial charge >= 0.3 is 0 Å². The Labute approximate surface area is 95.0 Å². The normalized spacial score (nSPS) is 12.8. The van der Waals surface area contributed by atoms with Crippen molar-refractivity contribution in [2.75, 3.05) is 26.8 Å². The van der Waals surface area contributed by atoms with E-state index in [1.807, 2.05) is 0 Å². The summed E-state index contributed by atoms with van der Waals surface area (Å²) in [5.74, 6) is 0. The average Bonchev–Trinajstić information content (AvgIpc) is 2.23. The van der Waals surface area contributed by atoms with E-state index >= 15 is 0 Å². The largest absolute Gasteiger partial charge is 0.383 e. The Bertz CT molecular complexity index is 156. The fourth-order valence-corrected chi connectivity index (χ4v) is 1.61. The molecule has 92 valence electrons. The molecule has 0 saturated carbocycles. The van der Waals surface area contributed by atoms with Crippen molar-refractivity contribution in [3.63, 3.8) is 0 Å². The van der Waals surface area contributed by atoms with Crippen LogP contribution in [0, 0.1) is 0 Å². The van der Waals surface area contributed by atoms with Gasteiger partial charge in [0.05, 0.1) is 6.61 Å². The minimum atomic E-state index is -0.0436. The summed E-state index contributed by atoms with van der Waals surface area (Å²) in [6, 6.07) is 0.529. The molecule has 0 unspecified atom stereocenters. The molecule has 0 aliphatic carbocycles. The summed E-state index contributed by atoms with van der Waals surface area (Å²) in [7, 11) is 1.74. The lowest BCUT2D eigenvalue weighted by Crippen LogP contribution is -2.52. The molecule has 3 nitrogen and oxygen atoms in total. The maximum atomic E-state index is 6.32. The van der Waals surface area contributed by atoms with Crippen LogP contribution < -0.4 is 5.73 Å². The molecule has 0 saturated heterocycles. The monoisotopic (exact) mass is 216 g/mol. The molecule has 0 aromatic rings. The Balaban J connectivity index is 4.25. The number of ether oxygens (including phenoxy) is 1. The van der Waals surface area contributed by atoms with Crippen LogP contribution in [-0.4, -0.2) is 43.3 Å². The zero-order valence-electron chi connectivity index (χ0n) is 11.0. The first kappa shape index (κ1) is 14.9. The van der Waals surface area contributed by atoms with E-state index in [-0.39, 0.29) is 5.54 Å². The zero-order valence-corrected chi connectivity index (χ0v) is 11.0. The van der Waals surface area contributed by atoms with Gasteiger partial charge in [-0.05, 0) is 26.7 Å². The van der Waals surface area contributed by atoms with Crippen LogP contribution >= 0.6 is 0 Å². The molecule has 3 heteroatoms. The van der Waals surface area contributed by atoms with Gasteiger partial charge in [0.2, 0.25) is 0 Å². The Kier molecular flexibility index (Phi) is 7.14. The highest BCUT2D eigenvalue weighted by Gasteiger charge is 2.24. The number of hydrogen-bond acceptors (Lipinski definition) is 3. The molecule has 0 rings (SSSR count). The van der Waals surface area contributed by atoms with Crippen molar-refractivity contribution in [3.05, 3.63) is 0 Å². The number of methoxy groups -OCH3 is 1. The predicted molar refractivity (Wildman–Crippen MR) is 66.1 cm³/mol. The molecule has 2 N–H and O–H groups in total. The molecule has 0 amide bonds. The standard InChI is InChI=1S/C12H28N2O/c1-6-12(13,7-2)10-14(11(3)4)8-9-15-5/h11H,6-10,13H2,1-5H3. The van der Waals surface area contributed by atoms with Crippen molar-refractivity contribution in [3.8, 4) is 0 Å². The van der Waals surface area contributed by atoms with E-state index in [9.17, 15) is 0 Å². The summed E-state index contributed by atoms with van der Waals surface area (Å²) >= 11 is 0. The third kappa shape index (κ3) is 5.50. The summed E-state index contributed by atoms with van der Waals surface area (Å²) in [6.07, 6.45) is 2.05. The summed E-state index contributed by atoms with van der Waals surface area (Å²) in [5, 5.41) is 0. The van der Waals surface area contributed by atoms with Crippen LogP contribution in [0.25, 0.3) is 0 Å². The second-order valence-electron chi connectivity index (χ2n) is 4.63. The molecule has 0 spiro atoms. The van der Waals surface area contributed by atoms with Crippen LogP contribution in [0.15, 0.2) is 0 Å². The van der Waals surface area contributed by atoms with Gasteiger partial charge in [-0.2, -0.15) is 0 Å². The van der Waals surface area contributed by atoms with Crippen LogP contribution in [0.2, 0.25) is 0 Å². The van der Waals surface area contributed by atoms with E-state index in [0.29, 0.717) is 6.04 Å². The van der Waals surface area contributed by atoms with Crippen LogP contribution in [0.4, 0.5) is 0 Å². The van der Waals surface area contributed by atoms with Gasteiger partial charge in [0.25, 0.3) is 0 Å². The summed E-state index contributed by atoms with van der Waals surface area (Å²) in [4.78, 5) is 2.40. The van der Waals surface area contributed by atoms with Gasteiger partial charge in [-0.15, -0.1) is 0 Å². The van der Waals surface area contributed by atoms with Gasteiger partial charge in [-0.25, -0.2) is 0 Å². The Hall–Kier alpha value is -0.120. The third-order valence-corrected chi connectivity index (χ3v) is 3.24. The average molecular weight is 216 g/mol. The Morgan fingerprint density at radius 3 is 2.13 bits per heavy atom. The van der Waals surface area contributed by atoms with Gasteiger partial charge in [-0.1, -0.05) is 13.8 Å². The minimum Gasteiger partial charge on any atom is -0.383 e. The number of nitrogens with zero attached hydrogens (tertiary/aromatic N) is 1. The second-order valence-corrected chi connectivity index (χ2v) is 4.63. The molecule has 0 aliphatic rings. The van der Waals surface area contributed by atoms with Crippen molar-refractivity contribution in [2.24, 2.45) is 5.73 Å². The molecule has 0 radical (unpaired) electrons. The van der Waals surface area contributed by atoms with E-state index in [1.54, 1.807) is 7.11 Å². The second kappa shape index (κ2) is 7.20. The fraction of sp³-hybridized carbons (Fsp3) is 1.00. The molecule has 0 aromatic carbocycles. The Morgan fingerprint density at radius 2 is 1.80 bits per heavy atom. The smallest absolute Gasteiger partial charge is 0.0589 e. The molecule has 0 aliphatic heterocycles. The number of nitrogens with two attached hydrogens (primary N) is 1. The van der Waals surface area contributed by atoms with Crippen molar-refractivity contribution in [1.29, 1.82) is 0 Å². The van der Waals surface area contributed by atoms with Gasteiger partial charge in [0.1, 0.15) is 0 Å². The lowest BCUT2D eigenvalue weighted by Gasteiger charge is -2.36. The summed E-state index contributed by atoms with van der Waals surface area (Å²) in [6.45, 7) is 11.5. The molecule has 15 heavy (non-hydrogen) atoms. The van der Waals surface area contributed by atoms with E-state index in [0.717, 1.165) is 32.5 Å². The van der Waals surface area contributed by atoms with E-state index in [2.05, 4.69) is 32.6 Å². The molecule has 0 bridgehead atoms. The van der Waals surface area contributed by atoms with Gasteiger partial charge in [-0.3, -0.25) is 4.90 Å². The SMILES string of the molecule is CCC(N)(CC)CN(CCOC)C(C)C. The minimum absolute atomic E-state index is 0.0436. The fourth-order valence-electron chi connectivity index (χ4n) is 1.61. The molecule has 0 aromatic heterocycles. The van der Waals surface area contributed by atoms with E-state index < -0.39 is 0 Å². The highest BCUT2D eigenvalue weighted by Crippen LogP contribution is 2.14. The number of hydrogen-bond donors (Lipinski definition) is 1. The highest BCUT2D eigenvalue weighted by molar-refractivity contribution is 4.85. The number of rotatable bonds is 8. The van der Waals surface area contributed by atoms with Crippen LogP contribution in [0.1, 0.15) is 40.5 Å². The topological polar surface area (TPSA) is 38.5 Å². The van der Waals surface area contributed by atoms with Crippen LogP contribution in [-0.2, 0) is 4.74 Å². The van der Waals surface area contributed by atoms with Crippen molar-refractivity contribution < 1.29 is 4.74 Å². The molecule has 0 atom stereocenters. The highest BCUT2D eigenvalue weighted by atomic mass is 16.5. The maximum absolute atomic E-state index is 6.32. The lowest BCUT2D eigenvalue weighted by atomic mass is 9.93. The van der Waals surface area contributed by atoms with E-state index in [1.165, 1.54) is 0 Å². The maximum Gasteiger partial charge on any atom is 0.0589 e. The van der Waals surface area contributed by atoms with Crippen LogP contribution in [0.5, 0.6) is 0 Å². The first-order valence-electron chi connectivity index (χ1n) is 6.01. The Morgan fingerprint density at radius 1 is 1.27 bits per heavy atom. The van der Waals surface area contributed by atoms with Crippen molar-refractivity contribution in [2.45, 2.75) is 52.1 Å². The van der Waals surface area contributed by atoms with E-state index in [4.69, 9.17) is 10.5 Å². The first-order chi connectivity index (χ1) is 6.99. The van der Waals surface area contributed by atoms with Crippen LogP contribution in [0.3, 0.4) is 0 Å². The third-order valence-electron chi connectivity index (χ3n) is 3.24. The summed E-state index contributed by atoms with van der Waals surface area (Å²) in [5.41, 5.74) is 6.28. The van der Waals surface area contributed by atoms with Crippen molar-refractivity contribution >= 4 is 0 Å². The van der Waals surface area contributed by atoms with Gasteiger partial charge < -0.3 is 10.5 Å². The molecule has 0 fully saturated rings. The van der Waals surface area contributed by atoms with Gasteiger partial charge in [0, 0.05) is 31.8 Å². The van der Waals surface area contributed by atoms with Crippen molar-refractivity contribution in [1.82, 2.24) is 4.90 Å². The zero-order chi connectivity index (χ0) is 11.9. The first-order valence-corrected chi connectivity index (χ1v) is 6.01. The molecule has 0 heterocycles. The van der Waals surface area contributed by atoms with Gasteiger partial charge in [0.15, 0.2) is 0 Å². The molecular formula is C12H28N2O. The predicted octanol–water partition coefficient (Wildman–Crippen LogP) is 1.86.